The zero-order chi connectivity index (χ0) is 19.1. The van der Waals surface area contributed by atoms with Gasteiger partial charge in [0.05, 0.1) is 13.2 Å². The van der Waals surface area contributed by atoms with E-state index in [4.69, 9.17) is 9.47 Å². The van der Waals surface area contributed by atoms with Crippen LogP contribution in [0, 0.1) is 29.5 Å². The molecule has 0 aliphatic heterocycles. The molecule has 0 unspecified atom stereocenters. The zero-order valence-corrected chi connectivity index (χ0v) is 16.8. The lowest BCUT2D eigenvalue weighted by atomic mass is 9.69. The summed E-state index contributed by atoms with van der Waals surface area (Å²) in [5.41, 5.74) is 0. The lowest BCUT2D eigenvalue weighted by Gasteiger charge is -2.37. The highest BCUT2D eigenvalue weighted by molar-refractivity contribution is 5.33. The minimum Gasteiger partial charge on any atom is -0.493 e. The van der Waals surface area contributed by atoms with Crippen LogP contribution in [0.4, 0.5) is 4.39 Å². The molecule has 0 amide bonds. The van der Waals surface area contributed by atoms with Crippen LogP contribution in [0.15, 0.2) is 30.9 Å². The Hall–Kier alpha value is -1.51. The molecule has 2 aliphatic rings. The molecule has 0 bridgehead atoms. The highest BCUT2D eigenvalue weighted by atomic mass is 19.1. The Kier molecular flexibility index (Phi) is 7.60. The molecule has 0 heterocycles. The highest BCUT2D eigenvalue weighted by Crippen LogP contribution is 2.41. The van der Waals surface area contributed by atoms with Crippen molar-refractivity contribution in [3.05, 3.63) is 36.7 Å². The van der Waals surface area contributed by atoms with Gasteiger partial charge in [0, 0.05) is 6.07 Å². The molecule has 0 aromatic heterocycles. The maximum atomic E-state index is 14.0. The molecule has 2 nitrogen and oxygen atoms in total. The first-order valence-corrected chi connectivity index (χ1v) is 10.9. The van der Waals surface area contributed by atoms with E-state index in [-0.39, 0.29) is 5.82 Å². The number of rotatable bonds is 8. The highest BCUT2D eigenvalue weighted by Gasteiger charge is 2.30. The molecule has 1 aromatic rings. The summed E-state index contributed by atoms with van der Waals surface area (Å²) in [5, 5.41) is 0. The summed E-state index contributed by atoms with van der Waals surface area (Å²) >= 11 is 0. The van der Waals surface area contributed by atoms with Crippen LogP contribution in [0.25, 0.3) is 0 Å². The molecule has 0 saturated heterocycles. The number of benzene rings is 1. The van der Waals surface area contributed by atoms with E-state index in [9.17, 15) is 4.39 Å². The van der Waals surface area contributed by atoms with Crippen LogP contribution < -0.4 is 9.47 Å². The van der Waals surface area contributed by atoms with Crippen LogP contribution in [-0.2, 0) is 0 Å². The number of hydrogen-bond donors (Lipinski definition) is 0. The smallest absolute Gasteiger partial charge is 0.168 e. The largest absolute Gasteiger partial charge is 0.493 e. The van der Waals surface area contributed by atoms with Crippen molar-refractivity contribution in [3.8, 4) is 11.5 Å². The fourth-order valence-corrected chi connectivity index (χ4v) is 4.79. The van der Waals surface area contributed by atoms with Gasteiger partial charge in [-0.3, -0.25) is 0 Å². The summed E-state index contributed by atoms with van der Waals surface area (Å²) < 4.78 is 25.3. The van der Waals surface area contributed by atoms with Crippen molar-refractivity contribution in [2.75, 3.05) is 13.2 Å². The molecule has 3 heteroatoms. The van der Waals surface area contributed by atoms with Gasteiger partial charge >= 0.3 is 0 Å². The first-order chi connectivity index (χ1) is 13.2. The van der Waals surface area contributed by atoms with Crippen LogP contribution in [0.3, 0.4) is 0 Å². The number of allylic oxidation sites excluding steroid dienone is 1. The molecule has 2 saturated carbocycles. The molecular formula is C24H35FO2. The van der Waals surface area contributed by atoms with Gasteiger partial charge in [0.15, 0.2) is 11.6 Å². The van der Waals surface area contributed by atoms with Crippen molar-refractivity contribution < 1.29 is 13.9 Å². The fourth-order valence-electron chi connectivity index (χ4n) is 4.79. The van der Waals surface area contributed by atoms with E-state index >= 15 is 0 Å². The van der Waals surface area contributed by atoms with Crippen LogP contribution in [0.1, 0.15) is 64.7 Å². The Bertz CT molecular complexity index is 584. The quantitative estimate of drug-likeness (QED) is 0.466. The minimum atomic E-state index is -0.334. The molecule has 3 rings (SSSR count). The van der Waals surface area contributed by atoms with Gasteiger partial charge in [0.2, 0.25) is 0 Å². The fraction of sp³-hybridized carbons (Fsp3) is 0.667. The average Bonchev–Trinajstić information content (AvgIpc) is 2.72. The van der Waals surface area contributed by atoms with E-state index < -0.39 is 0 Å². The molecule has 2 fully saturated rings. The normalized spacial score (nSPS) is 28.5. The molecule has 0 atom stereocenters. The molecule has 2 aliphatic carbocycles. The Morgan fingerprint density at radius 2 is 1.67 bits per heavy atom. The Morgan fingerprint density at radius 1 is 1.00 bits per heavy atom. The molecule has 150 valence electrons. The summed E-state index contributed by atoms with van der Waals surface area (Å²) in [6, 6.07) is 4.95. The van der Waals surface area contributed by atoms with Gasteiger partial charge < -0.3 is 9.47 Å². The van der Waals surface area contributed by atoms with Crippen molar-refractivity contribution >= 4 is 0 Å². The summed E-state index contributed by atoms with van der Waals surface area (Å²) in [4.78, 5) is 0. The van der Waals surface area contributed by atoms with E-state index in [0.29, 0.717) is 30.6 Å². The summed E-state index contributed by atoms with van der Waals surface area (Å²) in [5.74, 6) is 3.78. The first kappa shape index (κ1) is 20.2. The van der Waals surface area contributed by atoms with Crippen molar-refractivity contribution in [2.24, 2.45) is 23.7 Å². The van der Waals surface area contributed by atoms with Crippen molar-refractivity contribution in [2.45, 2.75) is 64.7 Å². The summed E-state index contributed by atoms with van der Waals surface area (Å²) in [6.45, 7) is 7.20. The van der Waals surface area contributed by atoms with Gasteiger partial charge in [0.1, 0.15) is 5.75 Å². The van der Waals surface area contributed by atoms with Gasteiger partial charge in [-0.25, -0.2) is 4.39 Å². The van der Waals surface area contributed by atoms with E-state index in [0.717, 1.165) is 24.2 Å². The number of halogens is 1. The Balaban J connectivity index is 1.39. The third-order valence-electron chi connectivity index (χ3n) is 6.56. The van der Waals surface area contributed by atoms with Gasteiger partial charge in [-0.15, -0.1) is 6.58 Å². The summed E-state index contributed by atoms with van der Waals surface area (Å²) in [7, 11) is 0. The molecule has 27 heavy (non-hydrogen) atoms. The third kappa shape index (κ3) is 5.73. The molecule has 0 N–H and O–H groups in total. The minimum absolute atomic E-state index is 0.316. The van der Waals surface area contributed by atoms with Crippen molar-refractivity contribution in [3.63, 3.8) is 0 Å². The van der Waals surface area contributed by atoms with Crippen molar-refractivity contribution in [1.82, 2.24) is 0 Å². The van der Waals surface area contributed by atoms with Gasteiger partial charge in [-0.1, -0.05) is 13.0 Å². The molecular weight excluding hydrogens is 339 g/mol. The number of ether oxygens (including phenoxy) is 2. The van der Waals surface area contributed by atoms with E-state index in [2.05, 4.69) is 12.7 Å². The van der Waals surface area contributed by atoms with E-state index in [1.165, 1.54) is 57.4 Å². The topological polar surface area (TPSA) is 18.5 Å². The zero-order valence-electron chi connectivity index (χ0n) is 16.8. The maximum absolute atomic E-state index is 14.0. The van der Waals surface area contributed by atoms with Crippen molar-refractivity contribution in [1.29, 1.82) is 0 Å². The molecule has 1 aromatic carbocycles. The standard InChI is InChI=1S/C24H35FO2/c1-3-15-26-24-14-13-22(16-23(24)25)27-17-19-7-11-21(12-8-19)20-9-5-18(4-2)6-10-20/h4,13-14,16,18-21H,2-3,5-12,15,17H2,1H3. The second-order valence-corrected chi connectivity index (χ2v) is 8.44. The second-order valence-electron chi connectivity index (χ2n) is 8.44. The van der Waals surface area contributed by atoms with Gasteiger partial charge in [-0.2, -0.15) is 0 Å². The molecule has 0 radical (unpaired) electrons. The van der Waals surface area contributed by atoms with Crippen LogP contribution in [-0.4, -0.2) is 13.2 Å². The third-order valence-corrected chi connectivity index (χ3v) is 6.56. The monoisotopic (exact) mass is 374 g/mol. The Labute approximate surface area is 164 Å². The second kappa shape index (κ2) is 10.1. The van der Waals surface area contributed by atoms with Gasteiger partial charge in [0.25, 0.3) is 0 Å². The first-order valence-electron chi connectivity index (χ1n) is 10.9. The average molecular weight is 375 g/mol. The predicted molar refractivity (Wildman–Crippen MR) is 109 cm³/mol. The van der Waals surface area contributed by atoms with Crippen LogP contribution >= 0.6 is 0 Å². The maximum Gasteiger partial charge on any atom is 0.168 e. The van der Waals surface area contributed by atoms with Gasteiger partial charge in [-0.05, 0) is 93.6 Å². The van der Waals surface area contributed by atoms with Crippen LogP contribution in [0.5, 0.6) is 11.5 Å². The van der Waals surface area contributed by atoms with E-state index in [1.807, 2.05) is 13.0 Å². The lowest BCUT2D eigenvalue weighted by Crippen LogP contribution is -2.27. The van der Waals surface area contributed by atoms with Crippen LogP contribution in [0.2, 0.25) is 0 Å². The van der Waals surface area contributed by atoms with E-state index in [1.54, 1.807) is 6.07 Å². The predicted octanol–water partition coefficient (Wildman–Crippen LogP) is 6.79. The lowest BCUT2D eigenvalue weighted by molar-refractivity contribution is 0.129. The Morgan fingerprint density at radius 3 is 2.26 bits per heavy atom. The number of hydrogen-bond acceptors (Lipinski definition) is 2. The molecule has 0 spiro atoms. The summed E-state index contributed by atoms with van der Waals surface area (Å²) in [6.07, 6.45) is 13.6. The SMILES string of the molecule is C=CC1CCC(C2CCC(COc3ccc(OCCC)c(F)c3)CC2)CC1.